The summed E-state index contributed by atoms with van der Waals surface area (Å²) in [4.78, 5) is 6.69. The molecule has 2 rings (SSSR count). The molecule has 1 aromatic rings. The van der Waals surface area contributed by atoms with Crippen molar-refractivity contribution in [3.63, 3.8) is 0 Å². The van der Waals surface area contributed by atoms with E-state index in [1.165, 1.54) is 12.8 Å². The summed E-state index contributed by atoms with van der Waals surface area (Å²) < 4.78 is 16.0. The zero-order valence-corrected chi connectivity index (χ0v) is 17.2. The highest BCUT2D eigenvalue weighted by molar-refractivity contribution is 14.0. The molecule has 136 valence electrons. The SMILES string of the molecule is COc1cc(CN=C(N)N2CCCC(C)C2)cc(OC)c1OC.I. The molecule has 1 saturated heterocycles. The van der Waals surface area contributed by atoms with Gasteiger partial charge in [0.1, 0.15) is 0 Å². The minimum Gasteiger partial charge on any atom is -0.493 e. The van der Waals surface area contributed by atoms with Gasteiger partial charge in [-0.3, -0.25) is 0 Å². The quantitative estimate of drug-likeness (QED) is 0.426. The van der Waals surface area contributed by atoms with E-state index >= 15 is 0 Å². The minimum absolute atomic E-state index is 0. The Balaban J connectivity index is 0.00000288. The van der Waals surface area contributed by atoms with Crippen LogP contribution < -0.4 is 19.9 Å². The van der Waals surface area contributed by atoms with E-state index in [9.17, 15) is 0 Å². The number of nitrogens with two attached hydrogens (primary N) is 1. The largest absolute Gasteiger partial charge is 0.493 e. The predicted octanol–water partition coefficient (Wildman–Crippen LogP) is 2.88. The third kappa shape index (κ3) is 5.06. The van der Waals surface area contributed by atoms with Crippen LogP contribution in [0.25, 0.3) is 0 Å². The van der Waals surface area contributed by atoms with Gasteiger partial charge in [0.25, 0.3) is 0 Å². The molecule has 1 unspecified atom stereocenters. The van der Waals surface area contributed by atoms with Crippen LogP contribution in [-0.2, 0) is 6.54 Å². The van der Waals surface area contributed by atoms with E-state index in [0.29, 0.717) is 35.7 Å². The van der Waals surface area contributed by atoms with Crippen LogP contribution in [0.3, 0.4) is 0 Å². The Hall–Kier alpha value is -1.38. The molecule has 0 spiro atoms. The first-order chi connectivity index (χ1) is 11.1. The van der Waals surface area contributed by atoms with Crippen LogP contribution in [-0.4, -0.2) is 45.3 Å². The molecule has 0 radical (unpaired) electrons. The van der Waals surface area contributed by atoms with Crippen molar-refractivity contribution in [3.8, 4) is 17.2 Å². The van der Waals surface area contributed by atoms with Gasteiger partial charge in [-0.05, 0) is 36.5 Å². The monoisotopic (exact) mass is 449 g/mol. The predicted molar refractivity (Wildman–Crippen MR) is 107 cm³/mol. The van der Waals surface area contributed by atoms with Gasteiger partial charge in [0.15, 0.2) is 17.5 Å². The van der Waals surface area contributed by atoms with Crippen molar-refractivity contribution >= 4 is 29.9 Å². The fraction of sp³-hybridized carbons (Fsp3) is 0.588. The van der Waals surface area contributed by atoms with Crippen LogP contribution in [0.2, 0.25) is 0 Å². The molecule has 7 heteroatoms. The number of guanidine groups is 1. The highest BCUT2D eigenvalue weighted by atomic mass is 127. The second-order valence-electron chi connectivity index (χ2n) is 5.90. The maximum atomic E-state index is 6.14. The summed E-state index contributed by atoms with van der Waals surface area (Å²) in [6.45, 7) is 4.69. The Morgan fingerprint density at radius 3 is 2.33 bits per heavy atom. The Morgan fingerprint density at radius 1 is 1.21 bits per heavy atom. The molecule has 0 amide bonds. The molecule has 1 aliphatic heterocycles. The second kappa shape index (κ2) is 9.80. The van der Waals surface area contributed by atoms with Crippen LogP contribution in [0.5, 0.6) is 17.2 Å². The topological polar surface area (TPSA) is 69.3 Å². The zero-order valence-electron chi connectivity index (χ0n) is 14.9. The molecule has 1 fully saturated rings. The first kappa shape index (κ1) is 20.7. The first-order valence-electron chi connectivity index (χ1n) is 7.92. The highest BCUT2D eigenvalue weighted by Gasteiger charge is 2.18. The number of nitrogens with zero attached hydrogens (tertiary/aromatic N) is 2. The van der Waals surface area contributed by atoms with E-state index in [4.69, 9.17) is 19.9 Å². The molecule has 6 nitrogen and oxygen atoms in total. The second-order valence-corrected chi connectivity index (χ2v) is 5.90. The number of methoxy groups -OCH3 is 3. The lowest BCUT2D eigenvalue weighted by atomic mass is 10.0. The Kier molecular flexibility index (Phi) is 8.44. The molecule has 0 bridgehead atoms. The molecule has 1 aliphatic rings. The molecule has 1 atom stereocenters. The summed E-state index contributed by atoms with van der Waals surface area (Å²) in [6, 6.07) is 3.80. The van der Waals surface area contributed by atoms with Crippen molar-refractivity contribution in [3.05, 3.63) is 17.7 Å². The van der Waals surface area contributed by atoms with Crippen molar-refractivity contribution in [2.45, 2.75) is 26.3 Å². The standard InChI is InChI=1S/C17H27N3O3.HI/c1-12-6-5-7-20(11-12)17(18)19-10-13-8-14(21-2)16(23-4)15(9-13)22-3;/h8-9,12H,5-7,10-11H2,1-4H3,(H2,18,19);1H. The van der Waals surface area contributed by atoms with Gasteiger partial charge in [0.2, 0.25) is 5.75 Å². The third-order valence-electron chi connectivity index (χ3n) is 4.13. The lowest BCUT2D eigenvalue weighted by Gasteiger charge is -2.31. The summed E-state index contributed by atoms with van der Waals surface area (Å²) in [5.41, 5.74) is 7.11. The smallest absolute Gasteiger partial charge is 0.203 e. The number of hydrogen-bond acceptors (Lipinski definition) is 4. The average molecular weight is 449 g/mol. The Bertz CT molecular complexity index is 541. The lowest BCUT2D eigenvalue weighted by molar-refractivity contribution is 0.270. The molecule has 1 heterocycles. The molecular formula is C17H28IN3O3. The number of hydrogen-bond donors (Lipinski definition) is 1. The lowest BCUT2D eigenvalue weighted by Crippen LogP contribution is -2.43. The van der Waals surface area contributed by atoms with E-state index in [1.54, 1.807) is 21.3 Å². The van der Waals surface area contributed by atoms with Gasteiger partial charge < -0.3 is 24.8 Å². The summed E-state index contributed by atoms with van der Waals surface area (Å²) >= 11 is 0. The number of halogens is 1. The number of benzene rings is 1. The molecule has 24 heavy (non-hydrogen) atoms. The maximum absolute atomic E-state index is 6.14. The van der Waals surface area contributed by atoms with E-state index < -0.39 is 0 Å². The van der Waals surface area contributed by atoms with Gasteiger partial charge in [-0.2, -0.15) is 0 Å². The van der Waals surface area contributed by atoms with Crippen LogP contribution in [0, 0.1) is 5.92 Å². The number of likely N-dealkylation sites (tertiary alicyclic amines) is 1. The van der Waals surface area contributed by atoms with Crippen molar-refractivity contribution < 1.29 is 14.2 Å². The first-order valence-corrected chi connectivity index (χ1v) is 7.92. The van der Waals surface area contributed by atoms with Gasteiger partial charge in [-0.25, -0.2) is 4.99 Å². The number of piperidine rings is 1. The van der Waals surface area contributed by atoms with Crippen molar-refractivity contribution in [2.75, 3.05) is 34.4 Å². The average Bonchev–Trinajstić information content (AvgIpc) is 2.58. The third-order valence-corrected chi connectivity index (χ3v) is 4.13. The molecule has 1 aromatic carbocycles. The Labute approximate surface area is 161 Å². The normalized spacial score (nSPS) is 17.9. The maximum Gasteiger partial charge on any atom is 0.203 e. The number of rotatable bonds is 5. The molecule has 0 saturated carbocycles. The van der Waals surface area contributed by atoms with Gasteiger partial charge in [-0.15, -0.1) is 24.0 Å². The van der Waals surface area contributed by atoms with Crippen LogP contribution >= 0.6 is 24.0 Å². The van der Waals surface area contributed by atoms with E-state index in [1.807, 2.05) is 12.1 Å². The van der Waals surface area contributed by atoms with E-state index in [2.05, 4.69) is 16.8 Å². The fourth-order valence-electron chi connectivity index (χ4n) is 2.90. The van der Waals surface area contributed by atoms with E-state index in [0.717, 1.165) is 18.7 Å². The Morgan fingerprint density at radius 2 is 1.83 bits per heavy atom. The summed E-state index contributed by atoms with van der Waals surface area (Å²) in [6.07, 6.45) is 2.43. The summed E-state index contributed by atoms with van der Waals surface area (Å²) in [7, 11) is 4.80. The van der Waals surface area contributed by atoms with Crippen LogP contribution in [0.15, 0.2) is 17.1 Å². The number of aliphatic imine (C=N–C) groups is 1. The number of ether oxygens (including phenoxy) is 3. The van der Waals surface area contributed by atoms with Gasteiger partial charge in [-0.1, -0.05) is 6.92 Å². The van der Waals surface area contributed by atoms with Crippen LogP contribution in [0.1, 0.15) is 25.3 Å². The van der Waals surface area contributed by atoms with Gasteiger partial charge >= 0.3 is 0 Å². The van der Waals surface area contributed by atoms with Crippen molar-refractivity contribution in [2.24, 2.45) is 16.6 Å². The summed E-state index contributed by atoms with van der Waals surface area (Å²) in [5.74, 6) is 3.11. The zero-order chi connectivity index (χ0) is 16.8. The fourth-order valence-corrected chi connectivity index (χ4v) is 2.90. The van der Waals surface area contributed by atoms with Gasteiger partial charge in [0.05, 0.1) is 27.9 Å². The van der Waals surface area contributed by atoms with Gasteiger partial charge in [0, 0.05) is 13.1 Å². The minimum atomic E-state index is 0. The molecule has 0 aliphatic carbocycles. The summed E-state index contributed by atoms with van der Waals surface area (Å²) in [5, 5.41) is 0. The van der Waals surface area contributed by atoms with Crippen LogP contribution in [0.4, 0.5) is 0 Å². The highest BCUT2D eigenvalue weighted by Crippen LogP contribution is 2.38. The van der Waals surface area contributed by atoms with Crippen molar-refractivity contribution in [1.82, 2.24) is 4.90 Å². The molecule has 2 N–H and O–H groups in total. The molecule has 0 aromatic heterocycles. The van der Waals surface area contributed by atoms with E-state index in [-0.39, 0.29) is 24.0 Å². The van der Waals surface area contributed by atoms with Crippen molar-refractivity contribution in [1.29, 1.82) is 0 Å². The molecular weight excluding hydrogens is 421 g/mol.